The van der Waals surface area contributed by atoms with E-state index in [0.717, 1.165) is 30.4 Å². The smallest absolute Gasteiger partial charge is 0.390 e. The van der Waals surface area contributed by atoms with Crippen LogP contribution in [0, 0.1) is 24.7 Å². The van der Waals surface area contributed by atoms with Crippen molar-refractivity contribution >= 4 is 12.4 Å². The Balaban J connectivity index is 0.000000806. The van der Waals surface area contributed by atoms with Crippen molar-refractivity contribution in [1.82, 2.24) is 9.80 Å². The average Bonchev–Trinajstić information content (AvgIpc) is 3.16. The highest BCUT2D eigenvalue weighted by atomic mass is 19.4. The van der Waals surface area contributed by atoms with Crippen molar-refractivity contribution in [3.05, 3.63) is 35.4 Å². The molecule has 1 N–H and O–H groups in total. The van der Waals surface area contributed by atoms with E-state index in [0.29, 0.717) is 19.6 Å². The predicted molar refractivity (Wildman–Crippen MR) is 106 cm³/mol. The first-order chi connectivity index (χ1) is 14.2. The lowest BCUT2D eigenvalue weighted by atomic mass is 9.83. The maximum atomic E-state index is 13.1. The van der Waals surface area contributed by atoms with Crippen LogP contribution < -0.4 is 0 Å². The van der Waals surface area contributed by atoms with Gasteiger partial charge in [-0.05, 0) is 36.8 Å². The molecule has 2 saturated heterocycles. The van der Waals surface area contributed by atoms with Gasteiger partial charge in [0, 0.05) is 38.0 Å². The van der Waals surface area contributed by atoms with Gasteiger partial charge in [0.25, 0.3) is 6.47 Å². The number of amides is 1. The lowest BCUT2D eigenvalue weighted by Crippen LogP contribution is -2.41. The summed E-state index contributed by atoms with van der Waals surface area (Å²) in [7, 11) is 0. The molecular weight excluding hydrogens is 397 g/mol. The first-order valence-corrected chi connectivity index (χ1v) is 10.5. The van der Waals surface area contributed by atoms with Gasteiger partial charge in [-0.15, -0.1) is 0 Å². The molecule has 8 heteroatoms. The van der Waals surface area contributed by atoms with E-state index in [1.807, 2.05) is 17.0 Å². The number of likely N-dealkylation sites (tertiary alicyclic amines) is 2. The molecule has 1 aliphatic carbocycles. The van der Waals surface area contributed by atoms with E-state index in [2.05, 4.69) is 24.0 Å². The second-order valence-electron chi connectivity index (χ2n) is 8.57. The molecule has 3 aliphatic rings. The first kappa shape index (κ1) is 22.6. The number of carboxylic acid groups (broad SMARTS) is 1. The van der Waals surface area contributed by atoms with Crippen LogP contribution >= 0.6 is 0 Å². The van der Waals surface area contributed by atoms with Gasteiger partial charge in [-0.1, -0.05) is 30.7 Å². The predicted octanol–water partition coefficient (Wildman–Crippen LogP) is 3.88. The molecule has 1 aromatic rings. The van der Waals surface area contributed by atoms with Crippen molar-refractivity contribution in [2.45, 2.75) is 44.8 Å². The highest BCUT2D eigenvalue weighted by Crippen LogP contribution is 2.47. The Bertz CT molecular complexity index is 751. The van der Waals surface area contributed by atoms with Gasteiger partial charge >= 0.3 is 6.18 Å². The molecular formula is C22H29F3N2O3. The van der Waals surface area contributed by atoms with E-state index >= 15 is 0 Å². The molecule has 2 aliphatic heterocycles. The quantitative estimate of drug-likeness (QED) is 0.743. The number of hydrogen-bond donors (Lipinski definition) is 1. The minimum absolute atomic E-state index is 0.000173. The summed E-state index contributed by atoms with van der Waals surface area (Å²) in [5.74, 6) is 0.901. The second kappa shape index (κ2) is 9.37. The lowest BCUT2D eigenvalue weighted by molar-refractivity contribution is -0.140. The van der Waals surface area contributed by atoms with Crippen molar-refractivity contribution < 1.29 is 27.9 Å². The van der Waals surface area contributed by atoms with Crippen LogP contribution in [0.4, 0.5) is 13.2 Å². The Hall–Kier alpha value is -2.09. The van der Waals surface area contributed by atoms with E-state index in [9.17, 15) is 18.0 Å². The number of rotatable bonds is 4. The van der Waals surface area contributed by atoms with Gasteiger partial charge in [-0.2, -0.15) is 13.2 Å². The van der Waals surface area contributed by atoms with Crippen molar-refractivity contribution in [3.8, 4) is 0 Å². The summed E-state index contributed by atoms with van der Waals surface area (Å²) in [6.07, 6.45) is -1.80. The number of halogens is 3. The van der Waals surface area contributed by atoms with Crippen LogP contribution in [0.3, 0.4) is 0 Å². The Morgan fingerprint density at radius 3 is 2.43 bits per heavy atom. The molecule has 1 aromatic carbocycles. The van der Waals surface area contributed by atoms with Gasteiger partial charge in [0.05, 0.1) is 12.5 Å². The molecule has 30 heavy (non-hydrogen) atoms. The van der Waals surface area contributed by atoms with E-state index in [-0.39, 0.29) is 42.7 Å². The second-order valence-corrected chi connectivity index (χ2v) is 8.57. The monoisotopic (exact) mass is 426 g/mol. The SMILES string of the molecule is Cc1ccccc1[C@@H]1[C@H]2CN(CCC(F)(F)F)C[C@H]2CN1C(=O)C1CCC1.O=CO. The summed E-state index contributed by atoms with van der Waals surface area (Å²) in [6.45, 7) is 3.87. The van der Waals surface area contributed by atoms with Gasteiger partial charge in [0.15, 0.2) is 0 Å². The standard InChI is InChI=1S/C21H27F3N2O.CH2O2/c1-14-5-2-3-8-17(14)19-18-13-25(10-9-21(22,23)24)11-16(18)12-26(19)20(27)15-6-4-7-15;2-1-3/h2-3,5,8,15-16,18-19H,4,6-7,9-13H2,1H3;1H,(H,2,3)/t16-,18-,19+;/m0./s1. The van der Waals surface area contributed by atoms with Gasteiger partial charge < -0.3 is 14.9 Å². The Morgan fingerprint density at radius 2 is 1.87 bits per heavy atom. The molecule has 0 radical (unpaired) electrons. The lowest BCUT2D eigenvalue weighted by Gasteiger charge is -2.35. The summed E-state index contributed by atoms with van der Waals surface area (Å²) < 4.78 is 37.8. The van der Waals surface area contributed by atoms with Crippen molar-refractivity contribution in [3.63, 3.8) is 0 Å². The van der Waals surface area contributed by atoms with Gasteiger partial charge in [-0.3, -0.25) is 9.59 Å². The average molecular weight is 426 g/mol. The van der Waals surface area contributed by atoms with Crippen molar-refractivity contribution in [2.24, 2.45) is 17.8 Å². The zero-order valence-corrected chi connectivity index (χ0v) is 17.1. The fourth-order valence-electron chi connectivity index (χ4n) is 5.04. The summed E-state index contributed by atoms with van der Waals surface area (Å²) >= 11 is 0. The third-order valence-corrected chi connectivity index (χ3v) is 6.70. The molecule has 3 atom stereocenters. The molecule has 1 saturated carbocycles. The topological polar surface area (TPSA) is 60.9 Å². The molecule has 0 bridgehead atoms. The number of alkyl halides is 3. The molecule has 5 nitrogen and oxygen atoms in total. The zero-order valence-electron chi connectivity index (χ0n) is 17.1. The molecule has 0 unspecified atom stereocenters. The van der Waals surface area contributed by atoms with Crippen LogP contribution in [0.25, 0.3) is 0 Å². The van der Waals surface area contributed by atoms with E-state index in [1.165, 1.54) is 0 Å². The summed E-state index contributed by atoms with van der Waals surface area (Å²) in [6, 6.07) is 8.14. The highest BCUT2D eigenvalue weighted by Gasteiger charge is 2.50. The summed E-state index contributed by atoms with van der Waals surface area (Å²) in [4.78, 5) is 25.4. The fraction of sp³-hybridized carbons (Fsp3) is 0.636. The first-order valence-electron chi connectivity index (χ1n) is 10.5. The summed E-state index contributed by atoms with van der Waals surface area (Å²) in [5.41, 5.74) is 2.32. The number of carbonyl (C=O) groups excluding carboxylic acids is 1. The molecule has 3 fully saturated rings. The van der Waals surface area contributed by atoms with E-state index in [1.54, 1.807) is 0 Å². The Morgan fingerprint density at radius 1 is 1.20 bits per heavy atom. The molecule has 0 aromatic heterocycles. The molecule has 2 heterocycles. The number of aryl methyl sites for hydroxylation is 1. The maximum absolute atomic E-state index is 13.1. The van der Waals surface area contributed by atoms with Crippen molar-refractivity contribution in [2.75, 3.05) is 26.2 Å². The van der Waals surface area contributed by atoms with Crippen molar-refractivity contribution in [1.29, 1.82) is 0 Å². The minimum Gasteiger partial charge on any atom is -0.483 e. The molecule has 4 rings (SSSR count). The van der Waals surface area contributed by atoms with Gasteiger partial charge in [0.2, 0.25) is 5.91 Å². The van der Waals surface area contributed by atoms with Crippen LogP contribution in [0.15, 0.2) is 24.3 Å². The number of carbonyl (C=O) groups is 2. The number of nitrogens with zero attached hydrogens (tertiary/aromatic N) is 2. The van der Waals surface area contributed by atoms with Crippen LogP contribution in [0.1, 0.15) is 42.9 Å². The fourth-order valence-corrected chi connectivity index (χ4v) is 5.04. The van der Waals surface area contributed by atoms with E-state index < -0.39 is 12.6 Å². The minimum atomic E-state index is -4.11. The Labute approximate surface area is 174 Å². The van der Waals surface area contributed by atoms with Crippen LogP contribution in [-0.2, 0) is 9.59 Å². The number of fused-ring (bicyclic) bond motifs is 1. The van der Waals surface area contributed by atoms with Crippen LogP contribution in [0.5, 0.6) is 0 Å². The maximum Gasteiger partial charge on any atom is 0.390 e. The number of hydrogen-bond acceptors (Lipinski definition) is 3. The van der Waals surface area contributed by atoms with Gasteiger partial charge in [0.1, 0.15) is 0 Å². The third kappa shape index (κ3) is 4.96. The third-order valence-electron chi connectivity index (χ3n) is 6.70. The molecule has 1 amide bonds. The zero-order chi connectivity index (χ0) is 21.9. The molecule has 166 valence electrons. The van der Waals surface area contributed by atoms with Crippen LogP contribution in [0.2, 0.25) is 0 Å². The van der Waals surface area contributed by atoms with E-state index in [4.69, 9.17) is 9.90 Å². The number of benzene rings is 1. The highest BCUT2D eigenvalue weighted by molar-refractivity contribution is 5.80. The largest absolute Gasteiger partial charge is 0.483 e. The van der Waals surface area contributed by atoms with Crippen LogP contribution in [-0.4, -0.2) is 59.6 Å². The Kier molecular flexibility index (Phi) is 7.06. The summed E-state index contributed by atoms with van der Waals surface area (Å²) in [5, 5.41) is 6.89. The van der Waals surface area contributed by atoms with Gasteiger partial charge in [-0.25, -0.2) is 0 Å². The molecule has 0 spiro atoms. The normalized spacial score (nSPS) is 26.5.